The van der Waals surface area contributed by atoms with E-state index >= 15 is 0 Å². The molecule has 2 atom stereocenters. The Kier molecular flexibility index (Phi) is 8.61. The summed E-state index contributed by atoms with van der Waals surface area (Å²) >= 11 is 3.23. The van der Waals surface area contributed by atoms with Gasteiger partial charge >= 0.3 is 6.09 Å². The molecule has 0 bridgehead atoms. The highest BCUT2D eigenvalue weighted by atomic mass is 79.9. The maximum atomic E-state index is 13.1. The number of nitrogens with zero attached hydrogens (tertiary/aromatic N) is 2. The van der Waals surface area contributed by atoms with E-state index in [1.807, 2.05) is 60.7 Å². The Morgan fingerprint density at radius 1 is 0.935 bits per heavy atom. The van der Waals surface area contributed by atoms with Gasteiger partial charge in [0.25, 0.3) is 0 Å². The van der Waals surface area contributed by atoms with Crippen molar-refractivity contribution in [3.8, 4) is 0 Å². The molecular formula is C23H26BrN3O4. The summed E-state index contributed by atoms with van der Waals surface area (Å²) in [5, 5.41) is 3.04. The summed E-state index contributed by atoms with van der Waals surface area (Å²) in [6.45, 7) is 1.87. The van der Waals surface area contributed by atoms with Crippen molar-refractivity contribution < 1.29 is 19.1 Å². The van der Waals surface area contributed by atoms with Crippen LogP contribution in [0.15, 0.2) is 60.7 Å². The molecule has 7 nitrogen and oxygen atoms in total. The van der Waals surface area contributed by atoms with E-state index in [-0.39, 0.29) is 18.6 Å². The van der Waals surface area contributed by atoms with Crippen molar-refractivity contribution in [1.82, 2.24) is 15.1 Å². The minimum absolute atomic E-state index is 0.0903. The lowest BCUT2D eigenvalue weighted by molar-refractivity contribution is -0.135. The van der Waals surface area contributed by atoms with Gasteiger partial charge in [-0.15, -0.1) is 0 Å². The number of aldehydes is 1. The van der Waals surface area contributed by atoms with E-state index in [0.29, 0.717) is 38.9 Å². The van der Waals surface area contributed by atoms with Gasteiger partial charge in [0.15, 0.2) is 0 Å². The van der Waals surface area contributed by atoms with E-state index in [9.17, 15) is 14.4 Å². The number of hydrogen-bond acceptors (Lipinski definition) is 5. The largest absolute Gasteiger partial charge is 0.445 e. The molecule has 1 fully saturated rings. The Bertz CT molecular complexity index is 858. The molecule has 31 heavy (non-hydrogen) atoms. The first kappa shape index (κ1) is 23.0. The van der Waals surface area contributed by atoms with Gasteiger partial charge in [-0.2, -0.15) is 0 Å². The second-order valence-electron chi connectivity index (χ2n) is 7.30. The Morgan fingerprint density at radius 3 is 2.06 bits per heavy atom. The highest BCUT2D eigenvalue weighted by Gasteiger charge is 2.30. The number of carbonyl (C=O) groups is 3. The van der Waals surface area contributed by atoms with E-state index < -0.39 is 11.0 Å². The zero-order valence-electron chi connectivity index (χ0n) is 17.2. The minimum Gasteiger partial charge on any atom is -0.445 e. The van der Waals surface area contributed by atoms with Crippen molar-refractivity contribution >= 4 is 34.2 Å². The van der Waals surface area contributed by atoms with Gasteiger partial charge < -0.3 is 19.3 Å². The number of halogens is 1. The number of hydrogen-bond donors (Lipinski definition) is 1. The van der Waals surface area contributed by atoms with Crippen LogP contribution in [0.4, 0.5) is 4.79 Å². The predicted molar refractivity (Wildman–Crippen MR) is 121 cm³/mol. The van der Waals surface area contributed by atoms with Gasteiger partial charge in [0, 0.05) is 26.2 Å². The van der Waals surface area contributed by atoms with E-state index in [1.165, 1.54) is 0 Å². The monoisotopic (exact) mass is 487 g/mol. The van der Waals surface area contributed by atoms with Crippen molar-refractivity contribution in [2.24, 2.45) is 0 Å². The number of carbonyl (C=O) groups excluding carboxylic acids is 3. The summed E-state index contributed by atoms with van der Waals surface area (Å²) in [6.07, 6.45) is 0.803. The third kappa shape index (κ3) is 6.90. The zero-order valence-corrected chi connectivity index (χ0v) is 18.7. The van der Waals surface area contributed by atoms with Crippen LogP contribution >= 0.6 is 15.9 Å². The minimum atomic E-state index is -0.612. The Hall–Kier alpha value is -2.71. The smallest absolute Gasteiger partial charge is 0.410 e. The number of rotatable bonds is 8. The van der Waals surface area contributed by atoms with Gasteiger partial charge in [-0.1, -0.05) is 76.6 Å². The predicted octanol–water partition coefficient (Wildman–Crippen LogP) is 2.59. The van der Waals surface area contributed by atoms with Crippen LogP contribution in [0.1, 0.15) is 11.1 Å². The van der Waals surface area contributed by atoms with Gasteiger partial charge in [-0.25, -0.2) is 4.79 Å². The summed E-state index contributed by atoms with van der Waals surface area (Å²) in [4.78, 5) is 39.3. The van der Waals surface area contributed by atoms with Crippen LogP contribution < -0.4 is 5.32 Å². The molecule has 0 spiro atoms. The fourth-order valence-electron chi connectivity index (χ4n) is 3.44. The van der Waals surface area contributed by atoms with Gasteiger partial charge in [-0.05, 0) is 17.5 Å². The van der Waals surface area contributed by atoms with Crippen LogP contribution in [-0.2, 0) is 27.4 Å². The lowest BCUT2D eigenvalue weighted by Gasteiger charge is -2.36. The maximum absolute atomic E-state index is 13.1. The molecule has 0 aliphatic carbocycles. The fourth-order valence-corrected chi connectivity index (χ4v) is 3.76. The van der Waals surface area contributed by atoms with Gasteiger partial charge in [0.2, 0.25) is 5.91 Å². The molecule has 0 saturated carbocycles. The van der Waals surface area contributed by atoms with Crippen molar-refractivity contribution in [3.63, 3.8) is 0 Å². The molecule has 2 aromatic carbocycles. The molecule has 1 unspecified atom stereocenters. The number of benzene rings is 2. The zero-order chi connectivity index (χ0) is 22.1. The maximum Gasteiger partial charge on any atom is 0.410 e. The number of alkyl halides is 1. The third-order valence-corrected chi connectivity index (χ3v) is 5.60. The van der Waals surface area contributed by atoms with Gasteiger partial charge in [-0.3, -0.25) is 10.1 Å². The number of amides is 2. The van der Waals surface area contributed by atoms with Crippen LogP contribution in [0.2, 0.25) is 0 Å². The topological polar surface area (TPSA) is 79.0 Å². The summed E-state index contributed by atoms with van der Waals surface area (Å²) in [6, 6.07) is 18.6. The molecule has 1 heterocycles. The first-order chi connectivity index (χ1) is 15.1. The summed E-state index contributed by atoms with van der Waals surface area (Å²) in [5.74, 6) is -0.0903. The number of ether oxygens (including phenoxy) is 1. The molecule has 2 aromatic rings. The fraction of sp³-hybridized carbons (Fsp3) is 0.348. The van der Waals surface area contributed by atoms with Crippen LogP contribution in [0, 0.1) is 0 Å². The van der Waals surface area contributed by atoms with E-state index in [2.05, 4.69) is 21.2 Å². The molecule has 1 saturated heterocycles. The SMILES string of the molecule is O=CC(Br)N[C@H](Cc1ccccc1)C(=O)N1CCN(C(=O)OCc2ccccc2)CC1. The highest BCUT2D eigenvalue weighted by Crippen LogP contribution is 2.12. The summed E-state index contributed by atoms with van der Waals surface area (Å²) in [7, 11) is 0. The summed E-state index contributed by atoms with van der Waals surface area (Å²) < 4.78 is 5.38. The normalized spacial score (nSPS) is 15.8. The quantitative estimate of drug-likeness (QED) is 0.351. The molecule has 8 heteroatoms. The highest BCUT2D eigenvalue weighted by molar-refractivity contribution is 9.09. The van der Waals surface area contributed by atoms with Crippen molar-refractivity contribution in [2.75, 3.05) is 26.2 Å². The Morgan fingerprint density at radius 2 is 1.48 bits per heavy atom. The van der Waals surface area contributed by atoms with E-state index in [0.717, 1.165) is 11.1 Å². The van der Waals surface area contributed by atoms with Gasteiger partial charge in [0.05, 0.1) is 6.04 Å². The van der Waals surface area contributed by atoms with Crippen LogP contribution in [0.5, 0.6) is 0 Å². The van der Waals surface area contributed by atoms with E-state index in [4.69, 9.17) is 4.74 Å². The van der Waals surface area contributed by atoms with Gasteiger partial charge in [0.1, 0.15) is 17.8 Å². The first-order valence-electron chi connectivity index (χ1n) is 10.2. The molecule has 164 valence electrons. The molecule has 2 amide bonds. The van der Waals surface area contributed by atoms with E-state index in [1.54, 1.807) is 9.80 Å². The van der Waals surface area contributed by atoms with Crippen LogP contribution in [0.25, 0.3) is 0 Å². The molecule has 1 aliphatic heterocycles. The van der Waals surface area contributed by atoms with Crippen LogP contribution in [-0.4, -0.2) is 65.3 Å². The molecule has 1 aliphatic rings. The molecule has 3 rings (SSSR count). The average molecular weight is 488 g/mol. The lowest BCUT2D eigenvalue weighted by Crippen LogP contribution is -2.56. The molecule has 1 N–H and O–H groups in total. The lowest BCUT2D eigenvalue weighted by atomic mass is 10.0. The molecule has 0 radical (unpaired) electrons. The Balaban J connectivity index is 1.53. The summed E-state index contributed by atoms with van der Waals surface area (Å²) in [5.41, 5.74) is 1.93. The molecule has 0 aromatic heterocycles. The second kappa shape index (κ2) is 11.6. The van der Waals surface area contributed by atoms with Crippen molar-refractivity contribution in [1.29, 1.82) is 0 Å². The standard InChI is InChI=1S/C23H26BrN3O4/c24-21(16-28)25-20(15-18-7-3-1-4-8-18)22(29)26-11-13-27(14-12-26)23(30)31-17-19-9-5-2-6-10-19/h1-10,16,20-21,25H,11-15,17H2/t20-,21?/m1/s1. The molecular weight excluding hydrogens is 462 g/mol. The van der Waals surface area contributed by atoms with Crippen LogP contribution in [0.3, 0.4) is 0 Å². The first-order valence-corrected chi connectivity index (χ1v) is 11.1. The Labute approximate surface area is 190 Å². The second-order valence-corrected chi connectivity index (χ2v) is 8.29. The van der Waals surface area contributed by atoms with Crippen molar-refractivity contribution in [2.45, 2.75) is 24.0 Å². The number of piperazine rings is 1. The number of nitrogens with one attached hydrogen (secondary N) is 1. The van der Waals surface area contributed by atoms with Crippen molar-refractivity contribution in [3.05, 3.63) is 71.8 Å². The third-order valence-electron chi connectivity index (χ3n) is 5.12. The average Bonchev–Trinajstić information content (AvgIpc) is 2.83.